The fourth-order valence-electron chi connectivity index (χ4n) is 3.40. The number of benzene rings is 2. The van der Waals surface area contributed by atoms with E-state index in [2.05, 4.69) is 26.6 Å². The van der Waals surface area contributed by atoms with Gasteiger partial charge in [0.1, 0.15) is 5.78 Å². The Bertz CT molecular complexity index is 1540. The summed E-state index contributed by atoms with van der Waals surface area (Å²) in [5.74, 6) is -4.24. The molecule has 0 unspecified atom stereocenters. The quantitative estimate of drug-likeness (QED) is 0.115. The summed E-state index contributed by atoms with van der Waals surface area (Å²) >= 11 is 11.0. The molecule has 2 aromatic rings. The van der Waals surface area contributed by atoms with Crippen LogP contribution in [-0.4, -0.2) is 73.8 Å². The van der Waals surface area contributed by atoms with Crippen LogP contribution in [0.2, 0.25) is 0 Å². The molecule has 20 heteroatoms. The summed E-state index contributed by atoms with van der Waals surface area (Å²) in [6.45, 7) is 0.395. The van der Waals surface area contributed by atoms with Crippen molar-refractivity contribution in [3.8, 4) is 0 Å². The van der Waals surface area contributed by atoms with Crippen LogP contribution in [0.1, 0.15) is 48.4 Å². The number of nitrogens with one attached hydrogen (secondary N) is 5. The first-order valence-electron chi connectivity index (χ1n) is 11.6. The third kappa shape index (κ3) is 10.3. The van der Waals surface area contributed by atoms with Crippen molar-refractivity contribution in [3.63, 3.8) is 0 Å². The average Bonchev–Trinajstić information content (AvgIpc) is 2.92. The van der Waals surface area contributed by atoms with Crippen LogP contribution in [0.5, 0.6) is 0 Å². The van der Waals surface area contributed by atoms with Crippen molar-refractivity contribution in [2.75, 3.05) is 43.9 Å². The van der Waals surface area contributed by atoms with E-state index in [0.717, 1.165) is 0 Å². The van der Waals surface area contributed by atoms with Gasteiger partial charge in [-0.1, -0.05) is 0 Å². The Morgan fingerprint density at radius 2 is 1.14 bits per heavy atom. The molecule has 6 N–H and O–H groups in total. The van der Waals surface area contributed by atoms with E-state index in [9.17, 15) is 33.9 Å². The number of carbonyl (C=O) groups excluding carboxylic acids is 6. The van der Waals surface area contributed by atoms with E-state index in [1.807, 2.05) is 67.8 Å². The number of ketones is 1. The predicted octanol–water partition coefficient (Wildman–Crippen LogP) is -0.867. The Morgan fingerprint density at radius 1 is 0.682 bits per heavy atom. The number of aliphatic hydroxyl groups is 1. The second-order valence-electron chi connectivity index (χ2n) is 8.27. The SMILES string of the molecule is CNC(=O)c1c(I)c(NCC(C)=O)c(I)c(C(=O)NCC(=O)Nc2c(I)c(C(=O)[O-])c(I)c(C(=O)NCCO)c2I)c1I.[Na+]. The monoisotopic (exact) mass is 1290 g/mol. The number of carboxylic acid groups (broad SMARTS) is 1. The largest absolute Gasteiger partial charge is 1.00 e. The number of amides is 4. The smallest absolute Gasteiger partial charge is 0.545 e. The third-order valence-corrected chi connectivity index (χ3v) is 11.8. The molecule has 2 rings (SSSR count). The zero-order valence-corrected chi connectivity index (χ0v) is 37.8. The molecule has 0 spiro atoms. The van der Waals surface area contributed by atoms with Gasteiger partial charge in [-0.25, -0.2) is 0 Å². The zero-order valence-electron chi connectivity index (χ0n) is 22.9. The maximum absolute atomic E-state index is 13.4. The standard InChI is InChI=1S/C24H21I6N5O8.Na/c1-7(37)5-33-19-15(27)9(21(39)31-2)13(25)10(16(19)28)23(41)34-6-8(38)35-20-17(29)11(22(40)32-3-4-36)14(26)12(18(20)30)24(42)43;/h33,36H,3-6H2,1-2H3,(H,31,39)(H,32,40)(H,34,41)(H,35,38)(H,42,43);/q;+1/p-1. The van der Waals surface area contributed by atoms with Crippen LogP contribution in [0.4, 0.5) is 11.4 Å². The minimum atomic E-state index is -1.56. The van der Waals surface area contributed by atoms with Crippen LogP contribution in [0.15, 0.2) is 0 Å². The predicted molar refractivity (Wildman–Crippen MR) is 206 cm³/mol. The van der Waals surface area contributed by atoms with Crippen molar-refractivity contribution in [2.24, 2.45) is 0 Å². The molecule has 0 saturated heterocycles. The van der Waals surface area contributed by atoms with Crippen LogP contribution >= 0.6 is 136 Å². The first-order valence-corrected chi connectivity index (χ1v) is 18.1. The van der Waals surface area contributed by atoms with Gasteiger partial charge < -0.3 is 41.6 Å². The zero-order chi connectivity index (χ0) is 32.8. The fraction of sp³-hybridized carbons (Fsp3) is 0.250. The second kappa shape index (κ2) is 19.6. The van der Waals surface area contributed by atoms with Crippen LogP contribution in [0.25, 0.3) is 0 Å². The van der Waals surface area contributed by atoms with Crippen molar-refractivity contribution in [1.29, 1.82) is 0 Å². The molecule has 0 aliphatic rings. The molecule has 0 bridgehead atoms. The third-order valence-electron chi connectivity index (χ3n) is 5.33. The molecule has 4 amide bonds. The number of halogens is 6. The van der Waals surface area contributed by atoms with E-state index < -0.39 is 36.1 Å². The average molecular weight is 1290 g/mol. The van der Waals surface area contributed by atoms with Gasteiger partial charge in [0.05, 0.1) is 64.4 Å². The molecule has 0 atom stereocenters. The Morgan fingerprint density at radius 3 is 1.61 bits per heavy atom. The van der Waals surface area contributed by atoms with Crippen molar-refractivity contribution in [2.45, 2.75) is 6.92 Å². The number of anilines is 2. The number of rotatable bonds is 12. The molecular weight excluding hydrogens is 1270 g/mol. The molecule has 0 aromatic heterocycles. The van der Waals surface area contributed by atoms with E-state index >= 15 is 0 Å². The van der Waals surface area contributed by atoms with Crippen LogP contribution in [0, 0.1) is 21.4 Å². The van der Waals surface area contributed by atoms with Crippen molar-refractivity contribution in [1.82, 2.24) is 16.0 Å². The van der Waals surface area contributed by atoms with Gasteiger partial charge in [-0.05, 0) is 142 Å². The van der Waals surface area contributed by atoms with Gasteiger partial charge in [0.25, 0.3) is 17.7 Å². The summed E-state index contributed by atoms with van der Waals surface area (Å²) in [5.41, 5.74) is 0.448. The first kappa shape index (κ1) is 42.6. The molecular formula is C24H20I6N5NaO8. The van der Waals surface area contributed by atoms with Crippen molar-refractivity contribution in [3.05, 3.63) is 43.7 Å². The Hall–Kier alpha value is 0.600. The number of carbonyl (C=O) groups is 6. The molecule has 44 heavy (non-hydrogen) atoms. The summed E-state index contributed by atoms with van der Waals surface area (Å²) in [6, 6.07) is 0. The van der Waals surface area contributed by atoms with Gasteiger partial charge in [-0.3, -0.25) is 24.0 Å². The fourth-order valence-corrected chi connectivity index (χ4v) is 12.3. The Kier molecular flexibility index (Phi) is 18.9. The van der Waals surface area contributed by atoms with Crippen molar-refractivity contribution >= 4 is 182 Å². The Labute approximate surface area is 355 Å². The molecule has 13 nitrogen and oxygen atoms in total. The minimum absolute atomic E-state index is 0. The number of hydrogen-bond donors (Lipinski definition) is 6. The van der Waals surface area contributed by atoms with Gasteiger partial charge in [0.15, 0.2) is 0 Å². The van der Waals surface area contributed by atoms with E-state index in [1.165, 1.54) is 14.0 Å². The number of aliphatic hydroxyl groups excluding tert-OH is 1. The maximum atomic E-state index is 13.4. The summed E-state index contributed by atoms with van der Waals surface area (Å²) in [4.78, 5) is 75.4. The molecule has 0 radical (unpaired) electrons. The molecule has 0 fully saturated rings. The molecule has 0 heterocycles. The van der Waals surface area contributed by atoms with Gasteiger partial charge in [-0.15, -0.1) is 0 Å². The summed E-state index contributed by atoms with van der Waals surface area (Å²) < 4.78 is 1.71. The van der Waals surface area contributed by atoms with Gasteiger partial charge >= 0.3 is 29.6 Å². The topological polar surface area (TPSA) is 206 Å². The molecule has 232 valence electrons. The van der Waals surface area contributed by atoms with Crippen LogP contribution in [-0.2, 0) is 9.59 Å². The first-order chi connectivity index (χ1) is 20.1. The Balaban J connectivity index is 0.00000968. The summed E-state index contributed by atoms with van der Waals surface area (Å²) in [5, 5.41) is 34.1. The number of hydrogen-bond acceptors (Lipinski definition) is 9. The van der Waals surface area contributed by atoms with E-state index in [-0.39, 0.29) is 93.7 Å². The molecule has 0 aliphatic carbocycles. The summed E-state index contributed by atoms with van der Waals surface area (Å²) in [6.07, 6.45) is 0. The van der Waals surface area contributed by atoms with Crippen molar-refractivity contribution < 1.29 is 68.5 Å². The molecule has 0 aliphatic heterocycles. The van der Waals surface area contributed by atoms with Crippen LogP contribution < -0.4 is 61.2 Å². The summed E-state index contributed by atoms with van der Waals surface area (Å²) in [7, 11) is 1.44. The van der Waals surface area contributed by atoms with Crippen LogP contribution in [0.3, 0.4) is 0 Å². The maximum Gasteiger partial charge on any atom is 1.00 e. The number of carboxylic acids is 1. The van der Waals surface area contributed by atoms with Gasteiger partial charge in [0.2, 0.25) is 5.91 Å². The van der Waals surface area contributed by atoms with E-state index in [1.54, 1.807) is 67.8 Å². The number of aromatic carboxylic acids is 1. The molecule has 2 aromatic carbocycles. The van der Waals surface area contributed by atoms with E-state index in [0.29, 0.717) is 16.4 Å². The normalized spacial score (nSPS) is 10.3. The second-order valence-corrected chi connectivity index (χ2v) is 14.7. The van der Waals surface area contributed by atoms with Gasteiger partial charge in [0, 0.05) is 29.9 Å². The van der Waals surface area contributed by atoms with E-state index in [4.69, 9.17) is 5.11 Å². The minimum Gasteiger partial charge on any atom is -0.545 e. The number of Topliss-reactive ketones (excluding diaryl/α,β-unsaturated/α-hetero) is 1. The van der Waals surface area contributed by atoms with Gasteiger partial charge in [-0.2, -0.15) is 0 Å². The molecule has 0 saturated carbocycles.